The second-order valence-corrected chi connectivity index (χ2v) is 10.2. The van der Waals surface area contributed by atoms with Crippen LogP contribution in [0.3, 0.4) is 0 Å². The van der Waals surface area contributed by atoms with Crippen molar-refractivity contribution in [2.75, 3.05) is 6.54 Å². The Bertz CT molecular complexity index is 944. The van der Waals surface area contributed by atoms with Crippen molar-refractivity contribution >= 4 is 38.6 Å². The Hall–Kier alpha value is -2.00. The van der Waals surface area contributed by atoms with Gasteiger partial charge in [-0.05, 0) is 41.9 Å². The van der Waals surface area contributed by atoms with E-state index in [1.54, 1.807) is 51.8 Å². The summed E-state index contributed by atoms with van der Waals surface area (Å²) in [6.45, 7) is 3.02. The van der Waals surface area contributed by atoms with E-state index in [2.05, 4.69) is 4.72 Å². The van der Waals surface area contributed by atoms with Crippen LogP contribution in [0.1, 0.15) is 21.7 Å². The fourth-order valence-electron chi connectivity index (χ4n) is 2.66. The van der Waals surface area contributed by atoms with Crippen LogP contribution in [0, 0.1) is 6.92 Å². The number of benzene rings is 1. The number of sulfonamides is 1. The molecule has 28 heavy (non-hydrogen) atoms. The van der Waals surface area contributed by atoms with Gasteiger partial charge in [-0.3, -0.25) is 4.79 Å². The molecule has 0 radical (unpaired) electrons. The lowest BCUT2D eigenvalue weighted by atomic mass is 10.2. The molecule has 0 atom stereocenters. The van der Waals surface area contributed by atoms with E-state index in [1.165, 1.54) is 0 Å². The molecule has 0 aliphatic rings. The largest absolute Gasteiger partial charge is 0.332 e. The Morgan fingerprint density at radius 1 is 0.964 bits per heavy atom. The summed E-state index contributed by atoms with van der Waals surface area (Å²) in [7, 11) is -3.61. The summed E-state index contributed by atoms with van der Waals surface area (Å²) in [5, 5.41) is 3.97. The summed E-state index contributed by atoms with van der Waals surface area (Å²) >= 11 is 3.21. The van der Waals surface area contributed by atoms with Crippen LogP contribution in [-0.2, 0) is 27.9 Å². The van der Waals surface area contributed by atoms with Gasteiger partial charge < -0.3 is 4.90 Å². The normalized spacial score (nSPS) is 11.5. The molecule has 148 valence electrons. The first-order valence-electron chi connectivity index (χ1n) is 8.83. The molecule has 0 saturated carbocycles. The van der Waals surface area contributed by atoms with Crippen LogP contribution in [0.15, 0.2) is 64.2 Å². The van der Waals surface area contributed by atoms with Gasteiger partial charge in [-0.25, -0.2) is 13.1 Å². The smallest absolute Gasteiger partial charge is 0.240 e. The molecular weight excluding hydrogens is 412 g/mol. The monoisotopic (exact) mass is 434 g/mol. The molecule has 1 aromatic carbocycles. The van der Waals surface area contributed by atoms with E-state index in [0.717, 1.165) is 15.3 Å². The first-order valence-corrected chi connectivity index (χ1v) is 12.1. The van der Waals surface area contributed by atoms with Gasteiger partial charge in [-0.15, -0.1) is 22.7 Å². The molecule has 1 amide bonds. The number of carbonyl (C=O) groups excluding carboxylic acids is 1. The van der Waals surface area contributed by atoms with Crippen LogP contribution >= 0.6 is 22.7 Å². The molecule has 0 fully saturated rings. The van der Waals surface area contributed by atoms with Gasteiger partial charge >= 0.3 is 0 Å². The zero-order chi connectivity index (χ0) is 20.0. The number of nitrogens with one attached hydrogen (secondary N) is 1. The highest BCUT2D eigenvalue weighted by atomic mass is 32.2. The van der Waals surface area contributed by atoms with Crippen LogP contribution in [0.5, 0.6) is 0 Å². The Kier molecular flexibility index (Phi) is 7.01. The number of nitrogens with zero attached hydrogens (tertiary/aromatic N) is 1. The molecule has 0 spiro atoms. The quantitative estimate of drug-likeness (QED) is 0.553. The predicted octanol–water partition coefficient (Wildman–Crippen LogP) is 4.02. The summed E-state index contributed by atoms with van der Waals surface area (Å²) in [4.78, 5) is 17.0. The van der Waals surface area contributed by atoms with E-state index < -0.39 is 10.0 Å². The first-order chi connectivity index (χ1) is 13.4. The number of hydrogen-bond donors (Lipinski definition) is 1. The van der Waals surface area contributed by atoms with E-state index >= 15 is 0 Å². The second-order valence-electron chi connectivity index (χ2n) is 6.37. The van der Waals surface area contributed by atoms with Crippen molar-refractivity contribution in [3.05, 3.63) is 74.6 Å². The lowest BCUT2D eigenvalue weighted by molar-refractivity contribution is -0.132. The van der Waals surface area contributed by atoms with Gasteiger partial charge in [0.1, 0.15) is 0 Å². The molecule has 5 nitrogen and oxygen atoms in total. The fraction of sp³-hybridized carbons (Fsp3) is 0.250. The molecule has 2 aromatic heterocycles. The van der Waals surface area contributed by atoms with Crippen molar-refractivity contribution in [2.24, 2.45) is 0 Å². The number of hydrogen-bond acceptors (Lipinski definition) is 5. The molecule has 3 aromatic rings. The maximum absolute atomic E-state index is 12.8. The molecule has 0 aliphatic carbocycles. The molecule has 2 heterocycles. The van der Waals surface area contributed by atoms with Gasteiger partial charge in [0.15, 0.2) is 0 Å². The highest BCUT2D eigenvalue weighted by Crippen LogP contribution is 2.18. The Balaban J connectivity index is 1.60. The third kappa shape index (κ3) is 5.75. The summed E-state index contributed by atoms with van der Waals surface area (Å²) in [5.74, 6) is -0.0755. The van der Waals surface area contributed by atoms with Gasteiger partial charge in [0.25, 0.3) is 0 Å². The minimum Gasteiger partial charge on any atom is -0.332 e. The summed E-state index contributed by atoms with van der Waals surface area (Å²) in [5.41, 5.74) is 0.993. The average Bonchev–Trinajstić information content (AvgIpc) is 3.35. The molecule has 0 aliphatic heterocycles. The topological polar surface area (TPSA) is 66.5 Å². The number of aryl methyl sites for hydroxylation is 1. The second kappa shape index (κ2) is 9.47. The molecule has 0 bridgehead atoms. The molecular formula is C20H22N2O3S3. The van der Waals surface area contributed by atoms with Gasteiger partial charge in [0.2, 0.25) is 15.9 Å². The third-order valence-electron chi connectivity index (χ3n) is 4.17. The van der Waals surface area contributed by atoms with E-state index in [9.17, 15) is 13.2 Å². The lowest BCUT2D eigenvalue weighted by Gasteiger charge is -2.21. The Morgan fingerprint density at radius 3 is 2.04 bits per heavy atom. The summed E-state index contributed by atoms with van der Waals surface area (Å²) in [6, 6.07) is 14.6. The summed E-state index contributed by atoms with van der Waals surface area (Å²) in [6.07, 6.45) is 0.113. The van der Waals surface area contributed by atoms with Gasteiger partial charge in [0, 0.05) is 22.7 Å². The average molecular weight is 435 g/mol. The van der Waals surface area contributed by atoms with Crippen molar-refractivity contribution in [1.82, 2.24) is 9.62 Å². The van der Waals surface area contributed by atoms with Crippen LogP contribution in [0.2, 0.25) is 0 Å². The van der Waals surface area contributed by atoms with Crippen molar-refractivity contribution in [1.29, 1.82) is 0 Å². The van der Waals surface area contributed by atoms with Gasteiger partial charge in [0.05, 0.1) is 18.0 Å². The van der Waals surface area contributed by atoms with Gasteiger partial charge in [-0.1, -0.05) is 29.8 Å². The zero-order valence-corrected chi connectivity index (χ0v) is 17.9. The zero-order valence-electron chi connectivity index (χ0n) is 15.5. The van der Waals surface area contributed by atoms with Crippen LogP contribution in [0.25, 0.3) is 0 Å². The Labute approximate surface area is 173 Å². The molecule has 1 N–H and O–H groups in total. The van der Waals surface area contributed by atoms with Crippen molar-refractivity contribution < 1.29 is 13.2 Å². The highest BCUT2D eigenvalue weighted by Gasteiger charge is 2.18. The highest BCUT2D eigenvalue weighted by molar-refractivity contribution is 7.89. The van der Waals surface area contributed by atoms with Crippen LogP contribution in [0.4, 0.5) is 0 Å². The summed E-state index contributed by atoms with van der Waals surface area (Å²) < 4.78 is 27.3. The third-order valence-corrected chi connectivity index (χ3v) is 7.37. The first kappa shape index (κ1) is 20.7. The SMILES string of the molecule is Cc1ccc(S(=O)(=O)NCCC(=O)N(Cc2cccs2)Cc2cccs2)cc1. The van der Waals surface area contributed by atoms with Crippen molar-refractivity contribution in [3.63, 3.8) is 0 Å². The lowest BCUT2D eigenvalue weighted by Crippen LogP contribution is -2.33. The maximum Gasteiger partial charge on any atom is 0.240 e. The number of carbonyl (C=O) groups is 1. The number of thiophene rings is 2. The number of amides is 1. The maximum atomic E-state index is 12.8. The van der Waals surface area contributed by atoms with Crippen molar-refractivity contribution in [3.8, 4) is 0 Å². The fourth-order valence-corrected chi connectivity index (χ4v) is 5.14. The Morgan fingerprint density at radius 2 is 1.54 bits per heavy atom. The predicted molar refractivity (Wildman–Crippen MR) is 114 cm³/mol. The molecule has 3 rings (SSSR count). The minimum absolute atomic E-state index is 0.0699. The van der Waals surface area contributed by atoms with Crippen molar-refractivity contribution in [2.45, 2.75) is 31.3 Å². The number of rotatable bonds is 9. The standard InChI is InChI=1S/C20H22N2O3S3/c1-16-6-8-19(9-7-16)28(24,25)21-11-10-20(23)22(14-17-4-2-12-26-17)15-18-5-3-13-27-18/h2-9,12-13,21H,10-11,14-15H2,1H3. The molecule has 0 unspecified atom stereocenters. The van der Waals surface area contributed by atoms with Crippen LogP contribution < -0.4 is 4.72 Å². The molecule has 8 heteroatoms. The van der Waals surface area contributed by atoms with E-state index in [1.807, 2.05) is 41.9 Å². The van der Waals surface area contributed by atoms with Gasteiger partial charge in [-0.2, -0.15) is 0 Å². The molecule has 0 saturated heterocycles. The van der Waals surface area contributed by atoms with E-state index in [4.69, 9.17) is 0 Å². The van der Waals surface area contributed by atoms with E-state index in [-0.39, 0.29) is 23.8 Å². The minimum atomic E-state index is -3.61. The van der Waals surface area contributed by atoms with E-state index in [0.29, 0.717) is 13.1 Å². The van der Waals surface area contributed by atoms with Crippen LogP contribution in [-0.4, -0.2) is 25.8 Å².